The Balaban J connectivity index is 1.68. The molecule has 0 bridgehead atoms. The maximum atomic E-state index is 3.65. The van der Waals surface area contributed by atoms with Gasteiger partial charge < -0.3 is 10.2 Å². The molecule has 116 valence electrons. The highest BCUT2D eigenvalue weighted by molar-refractivity contribution is 9.10. The van der Waals surface area contributed by atoms with Gasteiger partial charge in [0.1, 0.15) is 0 Å². The van der Waals surface area contributed by atoms with Crippen molar-refractivity contribution >= 4 is 21.6 Å². The van der Waals surface area contributed by atoms with E-state index in [4.69, 9.17) is 0 Å². The Kier molecular flexibility index (Phi) is 4.87. The highest BCUT2D eigenvalue weighted by atomic mass is 79.9. The van der Waals surface area contributed by atoms with Crippen LogP contribution in [0.2, 0.25) is 0 Å². The van der Waals surface area contributed by atoms with E-state index >= 15 is 0 Å². The molecule has 0 spiro atoms. The molecule has 21 heavy (non-hydrogen) atoms. The Morgan fingerprint density at radius 3 is 2.52 bits per heavy atom. The van der Waals surface area contributed by atoms with E-state index in [0.29, 0.717) is 6.04 Å². The largest absolute Gasteiger partial charge is 0.369 e. The summed E-state index contributed by atoms with van der Waals surface area (Å²) in [6.45, 7) is 10.2. The Bertz CT molecular complexity index is 477. The van der Waals surface area contributed by atoms with Crippen LogP contribution >= 0.6 is 15.9 Å². The maximum absolute atomic E-state index is 3.65. The summed E-state index contributed by atoms with van der Waals surface area (Å²) in [5.74, 6) is 0. The van der Waals surface area contributed by atoms with Crippen molar-refractivity contribution in [2.45, 2.75) is 45.3 Å². The summed E-state index contributed by atoms with van der Waals surface area (Å²) >= 11 is 3.62. The van der Waals surface area contributed by atoms with Crippen LogP contribution in [0.5, 0.6) is 0 Å². The second kappa shape index (κ2) is 6.67. The first-order valence-corrected chi connectivity index (χ1v) is 8.93. The first-order valence-electron chi connectivity index (χ1n) is 8.14. The summed E-state index contributed by atoms with van der Waals surface area (Å²) in [7, 11) is 0. The molecule has 1 aromatic rings. The molecule has 1 heterocycles. The second-order valence-electron chi connectivity index (χ2n) is 6.54. The highest BCUT2D eigenvalue weighted by Crippen LogP contribution is 2.27. The second-order valence-corrected chi connectivity index (χ2v) is 7.46. The summed E-state index contributed by atoms with van der Waals surface area (Å²) in [6, 6.07) is 8.14. The van der Waals surface area contributed by atoms with Gasteiger partial charge in [0.15, 0.2) is 0 Å². The van der Waals surface area contributed by atoms with E-state index in [0.717, 1.165) is 25.7 Å². The fraction of sp³-hybridized carbons (Fsp3) is 0.647. The van der Waals surface area contributed by atoms with Crippen molar-refractivity contribution in [3.05, 3.63) is 28.2 Å². The number of halogens is 1. The van der Waals surface area contributed by atoms with Gasteiger partial charge in [0.2, 0.25) is 0 Å². The van der Waals surface area contributed by atoms with E-state index < -0.39 is 0 Å². The topological polar surface area (TPSA) is 18.5 Å². The van der Waals surface area contributed by atoms with Gasteiger partial charge in [-0.15, -0.1) is 0 Å². The fourth-order valence-electron chi connectivity index (χ4n) is 3.03. The van der Waals surface area contributed by atoms with E-state index in [-0.39, 0.29) is 0 Å². The Hall–Kier alpha value is -0.580. The van der Waals surface area contributed by atoms with E-state index in [9.17, 15) is 0 Å². The van der Waals surface area contributed by atoms with Gasteiger partial charge in [-0.3, -0.25) is 4.90 Å². The van der Waals surface area contributed by atoms with Crippen molar-refractivity contribution in [3.63, 3.8) is 0 Å². The third-order valence-electron chi connectivity index (χ3n) is 4.59. The van der Waals surface area contributed by atoms with Gasteiger partial charge >= 0.3 is 0 Å². The van der Waals surface area contributed by atoms with Gasteiger partial charge in [-0.2, -0.15) is 0 Å². The zero-order chi connectivity index (χ0) is 14.8. The monoisotopic (exact) mass is 351 g/mol. The molecular weight excluding hydrogens is 326 g/mol. The Morgan fingerprint density at radius 2 is 1.90 bits per heavy atom. The molecule has 0 atom stereocenters. The van der Waals surface area contributed by atoms with Crippen LogP contribution in [-0.2, 0) is 6.54 Å². The predicted octanol–water partition coefficient (Wildman–Crippen LogP) is 3.23. The van der Waals surface area contributed by atoms with Crippen molar-refractivity contribution in [2.24, 2.45) is 0 Å². The molecule has 4 heteroatoms. The zero-order valence-corrected chi connectivity index (χ0v) is 14.7. The average Bonchev–Trinajstić information content (AvgIpc) is 3.29. The maximum Gasteiger partial charge on any atom is 0.0413 e. The van der Waals surface area contributed by atoms with Crippen LogP contribution < -0.4 is 10.2 Å². The Morgan fingerprint density at radius 1 is 1.19 bits per heavy atom. The van der Waals surface area contributed by atoms with Crippen LogP contribution in [0.15, 0.2) is 22.7 Å². The number of anilines is 1. The first-order chi connectivity index (χ1) is 10.1. The first kappa shape index (κ1) is 15.3. The molecule has 1 aliphatic carbocycles. The smallest absolute Gasteiger partial charge is 0.0413 e. The molecule has 3 nitrogen and oxygen atoms in total. The molecule has 2 fully saturated rings. The van der Waals surface area contributed by atoms with E-state index in [1.165, 1.54) is 41.7 Å². The lowest BCUT2D eigenvalue weighted by Crippen LogP contribution is -2.49. The van der Waals surface area contributed by atoms with Gasteiger partial charge in [0, 0.05) is 55.0 Å². The molecule has 3 rings (SSSR count). The minimum atomic E-state index is 0.660. The SMILES string of the molecule is CC(C)N1CCN(c2ccc(Br)cc2CNC2CC2)CC1. The fourth-order valence-corrected chi connectivity index (χ4v) is 3.43. The summed E-state index contributed by atoms with van der Waals surface area (Å²) in [6.07, 6.45) is 2.69. The molecule has 1 N–H and O–H groups in total. The Labute approximate surface area is 136 Å². The lowest BCUT2D eigenvalue weighted by Gasteiger charge is -2.39. The van der Waals surface area contributed by atoms with E-state index in [1.54, 1.807) is 0 Å². The van der Waals surface area contributed by atoms with Crippen LogP contribution in [0.3, 0.4) is 0 Å². The van der Waals surface area contributed by atoms with Crippen molar-refractivity contribution in [3.8, 4) is 0 Å². The van der Waals surface area contributed by atoms with Crippen molar-refractivity contribution in [1.82, 2.24) is 10.2 Å². The summed E-state index contributed by atoms with van der Waals surface area (Å²) in [5.41, 5.74) is 2.84. The number of nitrogens with zero attached hydrogens (tertiary/aromatic N) is 2. The lowest BCUT2D eigenvalue weighted by molar-refractivity contribution is 0.209. The van der Waals surface area contributed by atoms with Crippen molar-refractivity contribution in [1.29, 1.82) is 0 Å². The van der Waals surface area contributed by atoms with E-state index in [2.05, 4.69) is 63.1 Å². The number of nitrogens with one attached hydrogen (secondary N) is 1. The molecule has 2 aliphatic rings. The van der Waals surface area contributed by atoms with Crippen LogP contribution in [0.1, 0.15) is 32.3 Å². The van der Waals surface area contributed by atoms with Gasteiger partial charge in [0.25, 0.3) is 0 Å². The molecule has 0 amide bonds. The van der Waals surface area contributed by atoms with Gasteiger partial charge in [-0.05, 0) is 50.5 Å². The molecule has 1 saturated heterocycles. The molecule has 0 radical (unpaired) electrons. The minimum absolute atomic E-state index is 0.660. The number of rotatable bonds is 5. The van der Waals surface area contributed by atoms with Gasteiger partial charge in [0.05, 0.1) is 0 Å². The summed E-state index contributed by atoms with van der Waals surface area (Å²) < 4.78 is 1.18. The number of hydrogen-bond donors (Lipinski definition) is 1. The normalized spacial score (nSPS) is 20.3. The highest BCUT2D eigenvalue weighted by Gasteiger charge is 2.23. The summed E-state index contributed by atoms with van der Waals surface area (Å²) in [5, 5.41) is 3.65. The van der Waals surface area contributed by atoms with Crippen LogP contribution in [-0.4, -0.2) is 43.2 Å². The van der Waals surface area contributed by atoms with Gasteiger partial charge in [-0.25, -0.2) is 0 Å². The summed E-state index contributed by atoms with van der Waals surface area (Å²) in [4.78, 5) is 5.12. The quantitative estimate of drug-likeness (QED) is 0.878. The van der Waals surface area contributed by atoms with E-state index in [1.807, 2.05) is 0 Å². The zero-order valence-electron chi connectivity index (χ0n) is 13.1. The van der Waals surface area contributed by atoms with Gasteiger partial charge in [-0.1, -0.05) is 15.9 Å². The van der Waals surface area contributed by atoms with Crippen molar-refractivity contribution < 1.29 is 0 Å². The minimum Gasteiger partial charge on any atom is -0.369 e. The standard InChI is InChI=1S/C17H26BrN3/c1-13(2)20-7-9-21(10-8-20)17-6-3-15(18)11-14(17)12-19-16-4-5-16/h3,6,11,13,16,19H,4-5,7-10,12H2,1-2H3. The molecule has 1 saturated carbocycles. The number of hydrogen-bond acceptors (Lipinski definition) is 3. The molecule has 1 aromatic carbocycles. The van der Waals surface area contributed by atoms with Crippen molar-refractivity contribution in [2.75, 3.05) is 31.1 Å². The molecule has 1 aliphatic heterocycles. The molecule has 0 aromatic heterocycles. The number of piperazine rings is 1. The third kappa shape index (κ3) is 3.99. The lowest BCUT2D eigenvalue weighted by atomic mass is 10.1. The van der Waals surface area contributed by atoms with Crippen LogP contribution in [0, 0.1) is 0 Å². The molecule has 0 unspecified atom stereocenters. The van der Waals surface area contributed by atoms with Crippen LogP contribution in [0.4, 0.5) is 5.69 Å². The van der Waals surface area contributed by atoms with Crippen LogP contribution in [0.25, 0.3) is 0 Å². The number of benzene rings is 1. The average molecular weight is 352 g/mol. The predicted molar refractivity (Wildman–Crippen MR) is 92.9 cm³/mol. The molecular formula is C17H26BrN3. The third-order valence-corrected chi connectivity index (χ3v) is 5.08.